The van der Waals surface area contributed by atoms with Gasteiger partial charge in [-0.1, -0.05) is 13.8 Å². The highest BCUT2D eigenvalue weighted by atomic mass is 35.5. The molecule has 0 unspecified atom stereocenters. The Labute approximate surface area is 85.9 Å². The number of nitrogens with zero attached hydrogens (tertiary/aromatic N) is 2. The average Bonchev–Trinajstić information content (AvgIpc) is 2.50. The van der Waals surface area contributed by atoms with E-state index >= 15 is 0 Å². The highest BCUT2D eigenvalue weighted by molar-refractivity contribution is 5.85. The van der Waals surface area contributed by atoms with Crippen LogP contribution in [0.25, 0.3) is 0 Å². The van der Waals surface area contributed by atoms with Crippen LogP contribution < -0.4 is 5.32 Å². The Bertz CT molecular complexity index is 222. The van der Waals surface area contributed by atoms with Crippen LogP contribution in [0.5, 0.6) is 0 Å². The minimum absolute atomic E-state index is 0. The summed E-state index contributed by atoms with van der Waals surface area (Å²) in [6, 6.07) is 0. The molecule has 13 heavy (non-hydrogen) atoms. The molecule has 0 atom stereocenters. The molecule has 0 spiro atoms. The van der Waals surface area contributed by atoms with Gasteiger partial charge in [0.2, 0.25) is 0 Å². The predicted octanol–water partition coefficient (Wildman–Crippen LogP) is 1.82. The van der Waals surface area contributed by atoms with E-state index in [1.807, 2.05) is 10.9 Å². The summed E-state index contributed by atoms with van der Waals surface area (Å²) in [5, 5.41) is 7.50. The quantitative estimate of drug-likeness (QED) is 0.792. The summed E-state index contributed by atoms with van der Waals surface area (Å²) in [6.45, 7) is 7.23. The van der Waals surface area contributed by atoms with E-state index in [4.69, 9.17) is 0 Å². The first-order chi connectivity index (χ1) is 5.86. The maximum absolute atomic E-state index is 4.24. The number of aromatic nitrogens is 2. The lowest BCUT2D eigenvalue weighted by atomic mass is 10.3. The average molecular weight is 204 g/mol. The van der Waals surface area contributed by atoms with Crippen LogP contribution in [0.4, 0.5) is 0 Å². The zero-order valence-corrected chi connectivity index (χ0v) is 9.10. The van der Waals surface area contributed by atoms with Crippen LogP contribution in [-0.4, -0.2) is 16.3 Å². The van der Waals surface area contributed by atoms with Crippen molar-refractivity contribution in [2.24, 2.45) is 0 Å². The van der Waals surface area contributed by atoms with Crippen molar-refractivity contribution in [2.45, 2.75) is 33.4 Å². The van der Waals surface area contributed by atoms with Crippen molar-refractivity contribution in [3.05, 3.63) is 18.0 Å². The van der Waals surface area contributed by atoms with Gasteiger partial charge in [0.05, 0.1) is 6.20 Å². The van der Waals surface area contributed by atoms with E-state index in [2.05, 4.69) is 30.5 Å². The molecular weight excluding hydrogens is 186 g/mol. The first-order valence-electron chi connectivity index (χ1n) is 4.58. The fourth-order valence-electron chi connectivity index (χ4n) is 1.12. The van der Waals surface area contributed by atoms with E-state index in [1.165, 1.54) is 5.56 Å². The zero-order chi connectivity index (χ0) is 8.81. The molecule has 1 heterocycles. The minimum Gasteiger partial charge on any atom is -0.313 e. The van der Waals surface area contributed by atoms with Gasteiger partial charge in [-0.15, -0.1) is 12.4 Å². The predicted molar refractivity (Wildman–Crippen MR) is 57.1 cm³/mol. The molecule has 0 aliphatic heterocycles. The summed E-state index contributed by atoms with van der Waals surface area (Å²) in [7, 11) is 0. The molecule has 1 N–H and O–H groups in total. The van der Waals surface area contributed by atoms with Crippen molar-refractivity contribution >= 4 is 12.4 Å². The van der Waals surface area contributed by atoms with Crippen LogP contribution in [0, 0.1) is 0 Å². The summed E-state index contributed by atoms with van der Waals surface area (Å²) >= 11 is 0. The van der Waals surface area contributed by atoms with E-state index in [9.17, 15) is 0 Å². The third-order valence-electron chi connectivity index (χ3n) is 1.72. The highest BCUT2D eigenvalue weighted by Gasteiger charge is 1.95. The van der Waals surface area contributed by atoms with Crippen molar-refractivity contribution in [3.8, 4) is 0 Å². The molecule has 0 amide bonds. The van der Waals surface area contributed by atoms with Crippen LogP contribution in [0.1, 0.15) is 25.8 Å². The van der Waals surface area contributed by atoms with Crippen molar-refractivity contribution in [1.29, 1.82) is 0 Å². The maximum Gasteiger partial charge on any atom is 0.0534 e. The van der Waals surface area contributed by atoms with Gasteiger partial charge in [0.15, 0.2) is 0 Å². The molecule has 0 aromatic carbocycles. The number of aryl methyl sites for hydroxylation is 1. The molecule has 0 saturated heterocycles. The molecule has 1 aromatic rings. The summed E-state index contributed by atoms with van der Waals surface area (Å²) in [5.74, 6) is 0. The number of hydrogen-bond donors (Lipinski definition) is 1. The molecular formula is C9H18ClN3. The van der Waals surface area contributed by atoms with Crippen molar-refractivity contribution in [2.75, 3.05) is 6.54 Å². The van der Waals surface area contributed by atoms with Gasteiger partial charge < -0.3 is 5.32 Å². The number of rotatable bonds is 5. The third-order valence-corrected chi connectivity index (χ3v) is 1.72. The molecule has 0 saturated carbocycles. The molecule has 0 fully saturated rings. The second-order valence-electron chi connectivity index (χ2n) is 2.89. The molecule has 76 valence electrons. The zero-order valence-electron chi connectivity index (χ0n) is 8.29. The largest absolute Gasteiger partial charge is 0.313 e. The van der Waals surface area contributed by atoms with E-state index in [0.717, 1.165) is 26.1 Å². The Balaban J connectivity index is 0.00000144. The number of hydrogen-bond acceptors (Lipinski definition) is 2. The third kappa shape index (κ3) is 4.29. The Kier molecular flexibility index (Phi) is 6.63. The minimum atomic E-state index is 0. The van der Waals surface area contributed by atoms with Crippen LogP contribution >= 0.6 is 12.4 Å². The molecule has 0 radical (unpaired) electrons. The molecule has 4 heteroatoms. The van der Waals surface area contributed by atoms with Crippen LogP contribution in [0.3, 0.4) is 0 Å². The van der Waals surface area contributed by atoms with Gasteiger partial charge >= 0.3 is 0 Å². The fourth-order valence-corrected chi connectivity index (χ4v) is 1.12. The first kappa shape index (κ1) is 12.5. The monoisotopic (exact) mass is 203 g/mol. The number of nitrogens with one attached hydrogen (secondary N) is 1. The molecule has 1 aromatic heterocycles. The van der Waals surface area contributed by atoms with Gasteiger partial charge in [-0.3, -0.25) is 4.68 Å². The molecule has 1 rings (SSSR count). The summed E-state index contributed by atoms with van der Waals surface area (Å²) < 4.78 is 1.99. The molecule has 0 aliphatic carbocycles. The maximum atomic E-state index is 4.24. The number of halogens is 1. The van der Waals surface area contributed by atoms with E-state index in [0.29, 0.717) is 0 Å². The van der Waals surface area contributed by atoms with Crippen molar-refractivity contribution in [1.82, 2.24) is 15.1 Å². The van der Waals surface area contributed by atoms with Gasteiger partial charge in [0.25, 0.3) is 0 Å². The van der Waals surface area contributed by atoms with Gasteiger partial charge in [0.1, 0.15) is 0 Å². The fraction of sp³-hybridized carbons (Fsp3) is 0.667. The Hall–Kier alpha value is -0.540. The van der Waals surface area contributed by atoms with Gasteiger partial charge in [-0.2, -0.15) is 5.10 Å². The van der Waals surface area contributed by atoms with E-state index in [1.54, 1.807) is 0 Å². The lowest BCUT2D eigenvalue weighted by Gasteiger charge is -1.97. The van der Waals surface area contributed by atoms with E-state index < -0.39 is 0 Å². The normalized spacial score (nSPS) is 9.69. The molecule has 0 aliphatic rings. The van der Waals surface area contributed by atoms with Crippen LogP contribution in [-0.2, 0) is 13.1 Å². The highest BCUT2D eigenvalue weighted by Crippen LogP contribution is 1.97. The topological polar surface area (TPSA) is 29.9 Å². The van der Waals surface area contributed by atoms with Gasteiger partial charge in [-0.05, 0) is 13.0 Å². The van der Waals surface area contributed by atoms with Crippen molar-refractivity contribution in [3.63, 3.8) is 0 Å². The summed E-state index contributed by atoms with van der Waals surface area (Å²) in [5.41, 5.74) is 1.27. The summed E-state index contributed by atoms with van der Waals surface area (Å²) in [6.07, 6.45) is 5.17. The van der Waals surface area contributed by atoms with Crippen LogP contribution in [0.15, 0.2) is 12.4 Å². The summed E-state index contributed by atoms with van der Waals surface area (Å²) in [4.78, 5) is 0. The molecule has 3 nitrogen and oxygen atoms in total. The second kappa shape index (κ2) is 6.92. The van der Waals surface area contributed by atoms with Crippen molar-refractivity contribution < 1.29 is 0 Å². The lowest BCUT2D eigenvalue weighted by Crippen LogP contribution is -2.11. The van der Waals surface area contributed by atoms with Crippen LogP contribution in [0.2, 0.25) is 0 Å². The van der Waals surface area contributed by atoms with Gasteiger partial charge in [-0.25, -0.2) is 0 Å². The standard InChI is InChI=1S/C9H17N3.ClH/c1-3-5-12-8-9(7-11-12)6-10-4-2;/h7-8,10H,3-6H2,1-2H3;1H. The SMILES string of the molecule is CCCn1cc(CNCC)cn1.Cl. The van der Waals surface area contributed by atoms with Gasteiger partial charge in [0, 0.05) is 24.8 Å². The lowest BCUT2D eigenvalue weighted by molar-refractivity contribution is 0.601. The Morgan fingerprint density at radius 3 is 2.85 bits per heavy atom. The Morgan fingerprint density at radius 2 is 2.23 bits per heavy atom. The smallest absolute Gasteiger partial charge is 0.0534 e. The second-order valence-corrected chi connectivity index (χ2v) is 2.89. The molecule has 0 bridgehead atoms. The first-order valence-corrected chi connectivity index (χ1v) is 4.58. The Morgan fingerprint density at radius 1 is 1.46 bits per heavy atom. The van der Waals surface area contributed by atoms with E-state index in [-0.39, 0.29) is 12.4 Å².